The molecule has 0 aromatic carbocycles. The maximum Gasteiger partial charge on any atom is 0.144 e. The topological polar surface area (TPSA) is 67.6 Å². The van der Waals surface area contributed by atoms with Gasteiger partial charge >= 0.3 is 0 Å². The van der Waals surface area contributed by atoms with Gasteiger partial charge in [0.2, 0.25) is 0 Å². The number of pyridine rings is 1. The van der Waals surface area contributed by atoms with Crippen molar-refractivity contribution in [2.75, 3.05) is 33.4 Å². The Morgan fingerprint density at radius 1 is 1.30 bits per heavy atom. The van der Waals surface area contributed by atoms with Crippen molar-refractivity contribution in [3.8, 4) is 11.8 Å². The molecule has 2 atom stereocenters. The summed E-state index contributed by atoms with van der Waals surface area (Å²) < 4.78 is 17.7. The fourth-order valence-electron chi connectivity index (χ4n) is 6.28. The van der Waals surface area contributed by atoms with E-state index < -0.39 is 0 Å². The predicted molar refractivity (Wildman–Crippen MR) is 130 cm³/mol. The van der Waals surface area contributed by atoms with Crippen molar-refractivity contribution in [3.05, 3.63) is 22.7 Å². The van der Waals surface area contributed by atoms with Crippen molar-refractivity contribution < 1.29 is 14.2 Å². The summed E-state index contributed by atoms with van der Waals surface area (Å²) in [7, 11) is 1.63. The number of aryl methyl sites for hydroxylation is 1. The molecule has 1 saturated carbocycles. The zero-order chi connectivity index (χ0) is 22.8. The van der Waals surface area contributed by atoms with Crippen LogP contribution in [-0.2, 0) is 15.9 Å². The van der Waals surface area contributed by atoms with Crippen LogP contribution in [0.5, 0.6) is 5.75 Å². The number of fused-ring (bicyclic) bond motifs is 3. The summed E-state index contributed by atoms with van der Waals surface area (Å²) >= 11 is 1.80. The second kappa shape index (κ2) is 9.87. The van der Waals surface area contributed by atoms with Crippen LogP contribution < -0.4 is 4.74 Å². The molecule has 3 aliphatic rings. The third-order valence-corrected chi connectivity index (χ3v) is 9.39. The Kier molecular flexibility index (Phi) is 6.89. The standard InChI is InChI=1S/C26H35N3O3S/c1-3-26(29-12-14-31-15-13-29)9-6-19(7-10-26)32-21-8-11-28-25-24(21)23-18(4-5-22(23)33-25)16-20(17-27)30-2/h8,11,18-20H,3-7,9-10,12-16H2,1-2H3/t18-,19?,20+,26?/m1/s1. The molecule has 2 aliphatic carbocycles. The molecule has 1 saturated heterocycles. The van der Waals surface area contributed by atoms with E-state index in [1.165, 1.54) is 35.1 Å². The number of nitriles is 1. The van der Waals surface area contributed by atoms with Crippen LogP contribution in [0.15, 0.2) is 12.3 Å². The first-order valence-corrected chi connectivity index (χ1v) is 13.3. The number of hydrogen-bond donors (Lipinski definition) is 0. The first-order valence-electron chi connectivity index (χ1n) is 12.5. The minimum Gasteiger partial charge on any atom is -0.490 e. The van der Waals surface area contributed by atoms with Crippen molar-refractivity contribution in [1.29, 1.82) is 5.26 Å². The molecule has 0 N–H and O–H groups in total. The van der Waals surface area contributed by atoms with Crippen LogP contribution in [0.2, 0.25) is 0 Å². The number of ether oxygens (including phenoxy) is 3. The molecule has 0 bridgehead atoms. The van der Waals surface area contributed by atoms with Crippen LogP contribution in [0, 0.1) is 11.3 Å². The van der Waals surface area contributed by atoms with Gasteiger partial charge in [-0.25, -0.2) is 4.98 Å². The monoisotopic (exact) mass is 469 g/mol. The van der Waals surface area contributed by atoms with E-state index in [-0.39, 0.29) is 12.2 Å². The Morgan fingerprint density at radius 2 is 2.09 bits per heavy atom. The lowest BCUT2D eigenvalue weighted by molar-refractivity contribution is -0.0510. The number of rotatable bonds is 7. The molecule has 178 valence electrons. The third kappa shape index (κ3) is 4.39. The molecule has 0 spiro atoms. The van der Waals surface area contributed by atoms with Crippen LogP contribution in [-0.4, -0.2) is 61.0 Å². The fourth-order valence-corrected chi connectivity index (χ4v) is 7.54. The predicted octanol–water partition coefficient (Wildman–Crippen LogP) is 5.06. The molecule has 2 aromatic heterocycles. The number of methoxy groups -OCH3 is 1. The summed E-state index contributed by atoms with van der Waals surface area (Å²) in [5, 5.41) is 10.6. The Morgan fingerprint density at radius 3 is 2.79 bits per heavy atom. The zero-order valence-corrected chi connectivity index (χ0v) is 20.7. The van der Waals surface area contributed by atoms with E-state index in [0.717, 1.165) is 69.0 Å². The highest BCUT2D eigenvalue weighted by Crippen LogP contribution is 2.49. The highest BCUT2D eigenvalue weighted by atomic mass is 32.1. The molecule has 0 radical (unpaired) electrons. The normalized spacial score (nSPS) is 29.0. The van der Waals surface area contributed by atoms with Crippen LogP contribution in [0.1, 0.15) is 68.2 Å². The van der Waals surface area contributed by atoms with E-state index in [4.69, 9.17) is 14.2 Å². The van der Waals surface area contributed by atoms with Gasteiger partial charge in [0.25, 0.3) is 0 Å². The summed E-state index contributed by atoms with van der Waals surface area (Å²) in [4.78, 5) is 9.83. The molecule has 2 aromatic rings. The highest BCUT2D eigenvalue weighted by Gasteiger charge is 2.40. The lowest BCUT2D eigenvalue weighted by Crippen LogP contribution is -2.55. The number of hydrogen-bond acceptors (Lipinski definition) is 7. The van der Waals surface area contributed by atoms with E-state index in [0.29, 0.717) is 11.5 Å². The van der Waals surface area contributed by atoms with E-state index in [1.54, 1.807) is 18.4 Å². The fraction of sp³-hybridized carbons (Fsp3) is 0.692. The van der Waals surface area contributed by atoms with Crippen LogP contribution in [0.25, 0.3) is 10.2 Å². The molecule has 2 fully saturated rings. The quantitative estimate of drug-likeness (QED) is 0.565. The minimum absolute atomic E-state index is 0.248. The molecule has 3 heterocycles. The summed E-state index contributed by atoms with van der Waals surface area (Å²) in [6, 6.07) is 4.34. The summed E-state index contributed by atoms with van der Waals surface area (Å²) in [6.07, 6.45) is 10.4. The molecule has 0 unspecified atom stereocenters. The van der Waals surface area contributed by atoms with E-state index in [1.807, 2.05) is 12.3 Å². The molecular weight excluding hydrogens is 434 g/mol. The smallest absolute Gasteiger partial charge is 0.144 e. The number of aromatic nitrogens is 1. The van der Waals surface area contributed by atoms with E-state index in [2.05, 4.69) is 22.9 Å². The van der Waals surface area contributed by atoms with Crippen molar-refractivity contribution in [3.63, 3.8) is 0 Å². The van der Waals surface area contributed by atoms with Gasteiger partial charge in [0.05, 0.1) is 30.8 Å². The summed E-state index contributed by atoms with van der Waals surface area (Å²) in [5.74, 6) is 1.32. The molecule has 33 heavy (non-hydrogen) atoms. The lowest BCUT2D eigenvalue weighted by Gasteiger charge is -2.49. The van der Waals surface area contributed by atoms with Crippen molar-refractivity contribution in [2.24, 2.45) is 0 Å². The van der Waals surface area contributed by atoms with Gasteiger partial charge in [-0.3, -0.25) is 4.90 Å². The molecule has 1 aliphatic heterocycles. The minimum atomic E-state index is -0.363. The SMILES string of the molecule is CCC1(N2CCOCC2)CCC(Oc2ccnc3sc4c(c23)[C@@H](C[C@@H](C#N)OC)CC4)CC1. The second-order valence-electron chi connectivity index (χ2n) is 9.75. The largest absolute Gasteiger partial charge is 0.490 e. The van der Waals surface area contributed by atoms with Gasteiger partial charge in [-0.15, -0.1) is 11.3 Å². The molecule has 7 heteroatoms. The van der Waals surface area contributed by atoms with Crippen molar-refractivity contribution >= 4 is 21.6 Å². The van der Waals surface area contributed by atoms with Gasteiger partial charge in [-0.1, -0.05) is 6.92 Å². The molecule has 0 amide bonds. The average molecular weight is 470 g/mol. The van der Waals surface area contributed by atoms with Crippen LogP contribution in [0.4, 0.5) is 0 Å². The van der Waals surface area contributed by atoms with Gasteiger partial charge in [0, 0.05) is 36.8 Å². The highest BCUT2D eigenvalue weighted by molar-refractivity contribution is 7.19. The zero-order valence-electron chi connectivity index (χ0n) is 19.8. The molecule has 6 nitrogen and oxygen atoms in total. The van der Waals surface area contributed by atoms with Gasteiger partial charge in [0.15, 0.2) is 0 Å². The van der Waals surface area contributed by atoms with Gasteiger partial charge in [-0.2, -0.15) is 5.26 Å². The molecule has 5 rings (SSSR count). The third-order valence-electron chi connectivity index (χ3n) is 8.22. The Bertz CT molecular complexity index is 1000. The number of thiophene rings is 1. The van der Waals surface area contributed by atoms with Crippen LogP contribution in [0.3, 0.4) is 0 Å². The van der Waals surface area contributed by atoms with Gasteiger partial charge in [0.1, 0.15) is 16.7 Å². The Labute approximate surface area is 200 Å². The first-order chi connectivity index (χ1) is 16.2. The van der Waals surface area contributed by atoms with E-state index in [9.17, 15) is 5.26 Å². The first kappa shape index (κ1) is 23.0. The van der Waals surface area contributed by atoms with E-state index >= 15 is 0 Å². The Balaban J connectivity index is 1.34. The Hall–Kier alpha value is -1.72. The molecular formula is C26H35N3O3S. The lowest BCUT2D eigenvalue weighted by atomic mass is 9.77. The maximum atomic E-state index is 9.41. The van der Waals surface area contributed by atoms with Crippen molar-refractivity contribution in [1.82, 2.24) is 9.88 Å². The summed E-state index contributed by atoms with van der Waals surface area (Å²) in [6.45, 7) is 6.16. The van der Waals surface area contributed by atoms with Crippen molar-refractivity contribution in [2.45, 2.75) is 82.0 Å². The maximum absolute atomic E-state index is 9.41. The average Bonchev–Trinajstić information content (AvgIpc) is 3.43. The second-order valence-corrected chi connectivity index (χ2v) is 10.8. The van der Waals surface area contributed by atoms with Gasteiger partial charge in [-0.05, 0) is 68.9 Å². The van der Waals surface area contributed by atoms with Gasteiger partial charge < -0.3 is 14.2 Å². The number of morpholine rings is 1. The number of nitrogens with zero attached hydrogens (tertiary/aromatic N) is 3. The summed E-state index contributed by atoms with van der Waals surface area (Å²) in [5.41, 5.74) is 1.67. The van der Waals surface area contributed by atoms with Crippen LogP contribution >= 0.6 is 11.3 Å².